The first kappa shape index (κ1) is 19.9. The van der Waals surface area contributed by atoms with Crippen LogP contribution in [-0.2, 0) is 19.7 Å². The van der Waals surface area contributed by atoms with Crippen LogP contribution in [0, 0.1) is 13.8 Å². The van der Waals surface area contributed by atoms with Crippen LogP contribution in [0.1, 0.15) is 26.7 Å². The Morgan fingerprint density at radius 2 is 1.75 bits per heavy atom. The lowest BCUT2D eigenvalue weighted by Crippen LogP contribution is -2.36. The summed E-state index contributed by atoms with van der Waals surface area (Å²) in [4.78, 5) is 10.1. The number of rotatable bonds is 7. The van der Waals surface area contributed by atoms with Crippen LogP contribution in [0.5, 0.6) is 5.75 Å². The zero-order valence-electron chi connectivity index (χ0n) is 16.5. The lowest BCUT2D eigenvalue weighted by Gasteiger charge is -2.12. The Labute approximate surface area is 170 Å². The van der Waals surface area contributed by atoms with Gasteiger partial charge in [0.1, 0.15) is 17.4 Å². The molecule has 3 aromatic rings. The van der Waals surface area contributed by atoms with Crippen molar-refractivity contribution in [3.8, 4) is 5.75 Å². The fraction of sp³-hybridized carbons (Fsp3) is 0.273. The molecule has 2 N–H and O–H groups in total. The van der Waals surface area contributed by atoms with Gasteiger partial charge in [-0.15, -0.1) is 11.3 Å². The van der Waals surface area contributed by atoms with Crippen LogP contribution < -0.4 is 15.4 Å². The molecule has 0 amide bonds. The highest BCUT2D eigenvalue weighted by Gasteiger charge is 2.05. The molecule has 2 aromatic carbocycles. The summed E-state index contributed by atoms with van der Waals surface area (Å²) in [6, 6.07) is 18.3. The van der Waals surface area contributed by atoms with Crippen LogP contribution in [0.4, 0.5) is 0 Å². The van der Waals surface area contributed by atoms with Crippen LogP contribution in [0.3, 0.4) is 0 Å². The van der Waals surface area contributed by atoms with Gasteiger partial charge >= 0.3 is 0 Å². The van der Waals surface area contributed by atoms with Crippen molar-refractivity contribution < 1.29 is 4.74 Å². The maximum Gasteiger partial charge on any atom is 0.191 e. The first-order valence-electron chi connectivity index (χ1n) is 9.27. The lowest BCUT2D eigenvalue weighted by molar-refractivity contribution is 0.306. The normalized spacial score (nSPS) is 11.3. The van der Waals surface area contributed by atoms with E-state index in [0.717, 1.165) is 33.5 Å². The molecule has 3 rings (SSSR count). The number of ether oxygens (including phenoxy) is 1. The van der Waals surface area contributed by atoms with E-state index in [9.17, 15) is 0 Å². The first-order valence-corrected chi connectivity index (χ1v) is 10.1. The average molecular weight is 395 g/mol. The monoisotopic (exact) mass is 394 g/mol. The number of nitrogens with one attached hydrogen (secondary N) is 2. The van der Waals surface area contributed by atoms with Crippen molar-refractivity contribution in [1.82, 2.24) is 15.6 Å². The van der Waals surface area contributed by atoms with Crippen LogP contribution in [0.2, 0.25) is 0 Å². The van der Waals surface area contributed by atoms with Crippen molar-refractivity contribution in [2.45, 2.75) is 33.5 Å². The predicted octanol–water partition coefficient (Wildman–Crippen LogP) is 4.20. The van der Waals surface area contributed by atoms with E-state index in [-0.39, 0.29) is 0 Å². The Kier molecular flexibility index (Phi) is 7.03. The molecule has 146 valence electrons. The highest BCUT2D eigenvalue weighted by molar-refractivity contribution is 7.11. The van der Waals surface area contributed by atoms with Gasteiger partial charge in [-0.3, -0.25) is 4.99 Å². The van der Waals surface area contributed by atoms with Crippen LogP contribution in [0.25, 0.3) is 0 Å². The molecule has 0 fully saturated rings. The van der Waals surface area contributed by atoms with Gasteiger partial charge in [0.15, 0.2) is 5.96 Å². The van der Waals surface area contributed by atoms with E-state index in [1.165, 1.54) is 4.88 Å². The van der Waals surface area contributed by atoms with E-state index in [1.807, 2.05) is 37.3 Å². The molecule has 0 aliphatic heterocycles. The first-order chi connectivity index (χ1) is 13.6. The second-order valence-electron chi connectivity index (χ2n) is 6.45. The molecule has 6 heteroatoms. The second-order valence-corrected chi connectivity index (χ2v) is 7.74. The Morgan fingerprint density at radius 1 is 1.00 bits per heavy atom. The molecule has 1 aromatic heterocycles. The third-order valence-electron chi connectivity index (χ3n) is 4.31. The van der Waals surface area contributed by atoms with Crippen molar-refractivity contribution in [3.63, 3.8) is 0 Å². The number of hydrogen-bond acceptors (Lipinski definition) is 4. The number of benzene rings is 2. The number of nitrogens with zero attached hydrogens (tertiary/aromatic N) is 2. The van der Waals surface area contributed by atoms with Gasteiger partial charge in [-0.25, -0.2) is 4.98 Å². The average Bonchev–Trinajstić information content (AvgIpc) is 3.05. The highest BCUT2D eigenvalue weighted by atomic mass is 32.1. The topological polar surface area (TPSA) is 58.5 Å². The molecule has 1 heterocycles. The van der Waals surface area contributed by atoms with E-state index in [4.69, 9.17) is 4.74 Å². The fourth-order valence-electron chi connectivity index (χ4n) is 2.67. The Morgan fingerprint density at radius 3 is 2.46 bits per heavy atom. The minimum Gasteiger partial charge on any atom is -0.489 e. The molecule has 0 unspecified atom stereocenters. The van der Waals surface area contributed by atoms with Crippen molar-refractivity contribution in [3.05, 3.63) is 81.3 Å². The maximum atomic E-state index is 5.90. The Bertz CT molecular complexity index is 902. The quantitative estimate of drug-likeness (QED) is 0.466. The van der Waals surface area contributed by atoms with Crippen molar-refractivity contribution in [2.75, 3.05) is 7.05 Å². The summed E-state index contributed by atoms with van der Waals surface area (Å²) in [6.45, 7) is 6.02. The molecule has 0 bridgehead atoms. The summed E-state index contributed by atoms with van der Waals surface area (Å²) >= 11 is 1.71. The Hall–Kier alpha value is -2.86. The van der Waals surface area contributed by atoms with Gasteiger partial charge in [-0.2, -0.15) is 0 Å². The molecule has 0 saturated carbocycles. The van der Waals surface area contributed by atoms with Gasteiger partial charge in [-0.1, -0.05) is 42.5 Å². The lowest BCUT2D eigenvalue weighted by atomic mass is 10.2. The standard InChI is InChI=1S/C22H26N4OS/c1-16-17(2)28-21(26-16)14-25-22(23-3)24-13-19-10-7-11-20(12-19)27-15-18-8-5-4-6-9-18/h4-12H,13-15H2,1-3H3,(H2,23,24,25). The smallest absolute Gasteiger partial charge is 0.191 e. The highest BCUT2D eigenvalue weighted by Crippen LogP contribution is 2.16. The zero-order chi connectivity index (χ0) is 19.8. The summed E-state index contributed by atoms with van der Waals surface area (Å²) in [5, 5.41) is 7.72. The van der Waals surface area contributed by atoms with Crippen molar-refractivity contribution in [2.24, 2.45) is 4.99 Å². The van der Waals surface area contributed by atoms with Gasteiger partial charge < -0.3 is 15.4 Å². The summed E-state index contributed by atoms with van der Waals surface area (Å²) in [7, 11) is 1.77. The molecule has 0 aliphatic rings. The second kappa shape index (κ2) is 9.90. The minimum absolute atomic E-state index is 0.563. The van der Waals surface area contributed by atoms with E-state index in [2.05, 4.69) is 51.8 Å². The predicted molar refractivity (Wildman–Crippen MR) is 116 cm³/mol. The van der Waals surface area contributed by atoms with Crippen molar-refractivity contribution >= 4 is 17.3 Å². The van der Waals surface area contributed by atoms with Crippen LogP contribution in [-0.4, -0.2) is 18.0 Å². The molecule has 0 aliphatic carbocycles. The number of thiazole rings is 1. The molecule has 0 saturated heterocycles. The van der Waals surface area contributed by atoms with Crippen LogP contribution in [0.15, 0.2) is 59.6 Å². The van der Waals surface area contributed by atoms with Gasteiger partial charge in [0, 0.05) is 18.5 Å². The summed E-state index contributed by atoms with van der Waals surface area (Å²) in [6.07, 6.45) is 0. The Balaban J connectivity index is 1.50. The zero-order valence-corrected chi connectivity index (χ0v) is 17.3. The summed E-state index contributed by atoms with van der Waals surface area (Å²) in [5.41, 5.74) is 3.38. The van der Waals surface area contributed by atoms with Gasteiger partial charge in [0.2, 0.25) is 0 Å². The number of aromatic nitrogens is 1. The molecule has 28 heavy (non-hydrogen) atoms. The third kappa shape index (κ3) is 5.82. The van der Waals surface area contributed by atoms with Gasteiger partial charge in [0.25, 0.3) is 0 Å². The molecular formula is C22H26N4OS. The number of aliphatic imine (C=N–C) groups is 1. The largest absolute Gasteiger partial charge is 0.489 e. The SMILES string of the molecule is CN=C(NCc1cccc(OCc2ccccc2)c1)NCc1nc(C)c(C)s1. The van der Waals surface area contributed by atoms with E-state index >= 15 is 0 Å². The van der Waals surface area contributed by atoms with E-state index in [1.54, 1.807) is 18.4 Å². The molecule has 0 radical (unpaired) electrons. The van der Waals surface area contributed by atoms with Gasteiger partial charge in [0.05, 0.1) is 12.2 Å². The summed E-state index contributed by atoms with van der Waals surface area (Å²) in [5.74, 6) is 1.61. The molecule has 0 spiro atoms. The summed E-state index contributed by atoms with van der Waals surface area (Å²) < 4.78 is 5.90. The third-order valence-corrected chi connectivity index (χ3v) is 5.38. The molecular weight excluding hydrogens is 368 g/mol. The van der Waals surface area contributed by atoms with Gasteiger partial charge in [-0.05, 0) is 37.1 Å². The number of aryl methyl sites for hydroxylation is 2. The van der Waals surface area contributed by atoms with Crippen LogP contribution >= 0.6 is 11.3 Å². The van der Waals surface area contributed by atoms with E-state index < -0.39 is 0 Å². The minimum atomic E-state index is 0.563. The van der Waals surface area contributed by atoms with Crippen molar-refractivity contribution in [1.29, 1.82) is 0 Å². The van der Waals surface area contributed by atoms with E-state index in [0.29, 0.717) is 19.7 Å². The molecule has 0 atom stereocenters. The molecule has 5 nitrogen and oxygen atoms in total. The number of guanidine groups is 1. The number of hydrogen-bond donors (Lipinski definition) is 2. The maximum absolute atomic E-state index is 5.90. The fourth-order valence-corrected chi connectivity index (χ4v) is 3.54.